The van der Waals surface area contributed by atoms with Crippen LogP contribution in [0.4, 0.5) is 0 Å². The summed E-state index contributed by atoms with van der Waals surface area (Å²) < 4.78 is 5.68. The van der Waals surface area contributed by atoms with Gasteiger partial charge in [0.2, 0.25) is 0 Å². The highest BCUT2D eigenvalue weighted by Gasteiger charge is 2.20. The number of halogens is 2. The van der Waals surface area contributed by atoms with Crippen LogP contribution in [-0.4, -0.2) is 6.04 Å². The summed E-state index contributed by atoms with van der Waals surface area (Å²) in [5.41, 5.74) is 0.755. The largest absolute Gasteiger partial charge is 0.460 e. The first-order valence-corrected chi connectivity index (χ1v) is 6.09. The lowest BCUT2D eigenvalue weighted by molar-refractivity contribution is 0.512. The van der Waals surface area contributed by atoms with E-state index in [-0.39, 0.29) is 0 Å². The van der Waals surface area contributed by atoms with Crippen LogP contribution < -0.4 is 5.32 Å². The summed E-state index contributed by atoms with van der Waals surface area (Å²) in [6.07, 6.45) is 2.54. The summed E-state index contributed by atoms with van der Waals surface area (Å²) >= 11 is 12.0. The quantitative estimate of drug-likeness (QED) is 0.898. The molecule has 1 aliphatic rings. The summed E-state index contributed by atoms with van der Waals surface area (Å²) in [7, 11) is 0. The lowest BCUT2D eigenvalue weighted by Gasteiger charge is -1.96. The zero-order valence-electron chi connectivity index (χ0n) is 8.59. The smallest absolute Gasteiger partial charge is 0.137 e. The number of rotatable bonds is 3. The van der Waals surface area contributed by atoms with Crippen LogP contribution in [-0.2, 0) is 6.54 Å². The van der Waals surface area contributed by atoms with Crippen LogP contribution in [0, 0.1) is 0 Å². The predicted molar refractivity (Wildman–Crippen MR) is 66.1 cm³/mol. The molecule has 1 heterocycles. The molecule has 0 aliphatic heterocycles. The minimum Gasteiger partial charge on any atom is -0.460 e. The van der Waals surface area contributed by atoms with Gasteiger partial charge in [-0.25, -0.2) is 0 Å². The molecule has 1 aliphatic carbocycles. The number of benzene rings is 1. The van der Waals surface area contributed by atoms with E-state index < -0.39 is 0 Å². The molecule has 16 heavy (non-hydrogen) atoms. The third-order valence-corrected chi connectivity index (χ3v) is 3.28. The molecule has 2 aromatic rings. The fourth-order valence-corrected chi connectivity index (χ4v) is 2.27. The molecular weight excluding hydrogens is 245 g/mol. The molecule has 0 atom stereocenters. The lowest BCUT2D eigenvalue weighted by Crippen LogP contribution is -2.14. The minimum absolute atomic E-state index is 0.605. The Morgan fingerprint density at radius 1 is 1.25 bits per heavy atom. The number of hydrogen-bond acceptors (Lipinski definition) is 2. The minimum atomic E-state index is 0.605. The van der Waals surface area contributed by atoms with Crippen LogP contribution in [0.1, 0.15) is 18.6 Å². The van der Waals surface area contributed by atoms with Gasteiger partial charge in [0.05, 0.1) is 11.6 Å². The van der Waals surface area contributed by atoms with Gasteiger partial charge in [0.25, 0.3) is 0 Å². The van der Waals surface area contributed by atoms with E-state index in [4.69, 9.17) is 27.6 Å². The van der Waals surface area contributed by atoms with Gasteiger partial charge in [0.1, 0.15) is 11.3 Å². The van der Waals surface area contributed by atoms with Gasteiger partial charge in [-0.05, 0) is 25.0 Å². The SMILES string of the molecule is Clc1cc(Cl)c2cc(CNC3CC3)oc2c1. The van der Waals surface area contributed by atoms with Gasteiger partial charge in [0, 0.05) is 22.5 Å². The van der Waals surface area contributed by atoms with Gasteiger partial charge < -0.3 is 9.73 Å². The molecule has 1 aromatic heterocycles. The van der Waals surface area contributed by atoms with Crippen LogP contribution in [0.2, 0.25) is 10.0 Å². The van der Waals surface area contributed by atoms with E-state index in [0.29, 0.717) is 16.1 Å². The molecule has 3 rings (SSSR count). The van der Waals surface area contributed by atoms with Gasteiger partial charge >= 0.3 is 0 Å². The molecule has 1 N–H and O–H groups in total. The Kier molecular flexibility index (Phi) is 2.58. The van der Waals surface area contributed by atoms with Crippen molar-refractivity contribution in [2.75, 3.05) is 0 Å². The van der Waals surface area contributed by atoms with E-state index in [9.17, 15) is 0 Å². The Hall–Kier alpha value is -0.700. The van der Waals surface area contributed by atoms with E-state index in [1.54, 1.807) is 12.1 Å². The second-order valence-electron chi connectivity index (χ2n) is 4.17. The molecule has 0 amide bonds. The normalized spacial score (nSPS) is 15.9. The number of furan rings is 1. The monoisotopic (exact) mass is 255 g/mol. The summed E-state index contributed by atoms with van der Waals surface area (Å²) in [4.78, 5) is 0. The zero-order valence-corrected chi connectivity index (χ0v) is 10.1. The fourth-order valence-electron chi connectivity index (χ4n) is 1.74. The van der Waals surface area contributed by atoms with Crippen molar-refractivity contribution in [1.29, 1.82) is 0 Å². The fraction of sp³-hybridized carbons (Fsp3) is 0.333. The van der Waals surface area contributed by atoms with Gasteiger partial charge in [0.15, 0.2) is 0 Å². The third-order valence-electron chi connectivity index (χ3n) is 2.75. The molecule has 0 spiro atoms. The van der Waals surface area contributed by atoms with Crippen LogP contribution in [0.3, 0.4) is 0 Å². The summed E-state index contributed by atoms with van der Waals surface area (Å²) in [5.74, 6) is 0.908. The number of fused-ring (bicyclic) bond motifs is 1. The van der Waals surface area contributed by atoms with E-state index >= 15 is 0 Å². The Balaban J connectivity index is 1.91. The molecule has 2 nitrogen and oxygen atoms in total. The summed E-state index contributed by atoms with van der Waals surface area (Å²) in [6, 6.07) is 6.18. The number of hydrogen-bond donors (Lipinski definition) is 1. The molecule has 0 saturated heterocycles. The molecule has 84 valence electrons. The van der Waals surface area contributed by atoms with Gasteiger partial charge in [-0.15, -0.1) is 0 Å². The highest BCUT2D eigenvalue weighted by atomic mass is 35.5. The molecule has 1 aromatic carbocycles. The summed E-state index contributed by atoms with van der Waals surface area (Å²) in [6.45, 7) is 0.757. The van der Waals surface area contributed by atoms with Crippen LogP contribution in [0.25, 0.3) is 11.0 Å². The topological polar surface area (TPSA) is 25.2 Å². The second kappa shape index (κ2) is 3.95. The first-order valence-electron chi connectivity index (χ1n) is 5.33. The molecular formula is C12H11Cl2NO. The van der Waals surface area contributed by atoms with E-state index in [2.05, 4.69) is 5.32 Å². The van der Waals surface area contributed by atoms with Crippen LogP contribution in [0.15, 0.2) is 22.6 Å². The van der Waals surface area contributed by atoms with Crippen molar-refractivity contribution >= 4 is 34.2 Å². The second-order valence-corrected chi connectivity index (χ2v) is 5.01. The maximum atomic E-state index is 6.09. The lowest BCUT2D eigenvalue weighted by atomic mass is 10.2. The van der Waals surface area contributed by atoms with Gasteiger partial charge in [-0.1, -0.05) is 23.2 Å². The zero-order chi connectivity index (χ0) is 11.1. The molecule has 1 saturated carbocycles. The van der Waals surface area contributed by atoms with E-state index in [1.165, 1.54) is 12.8 Å². The third kappa shape index (κ3) is 2.05. The number of nitrogens with one attached hydrogen (secondary N) is 1. The van der Waals surface area contributed by atoms with Crippen molar-refractivity contribution in [1.82, 2.24) is 5.32 Å². The molecule has 1 fully saturated rings. The molecule has 0 unspecified atom stereocenters. The Morgan fingerprint density at radius 3 is 2.81 bits per heavy atom. The van der Waals surface area contributed by atoms with Crippen molar-refractivity contribution in [3.63, 3.8) is 0 Å². The maximum Gasteiger partial charge on any atom is 0.137 e. The van der Waals surface area contributed by atoms with Crippen LogP contribution in [0.5, 0.6) is 0 Å². The van der Waals surface area contributed by atoms with Crippen molar-refractivity contribution in [2.45, 2.75) is 25.4 Å². The van der Waals surface area contributed by atoms with Gasteiger partial charge in [-0.3, -0.25) is 0 Å². The van der Waals surface area contributed by atoms with Crippen molar-refractivity contribution in [2.24, 2.45) is 0 Å². The van der Waals surface area contributed by atoms with Crippen LogP contribution >= 0.6 is 23.2 Å². The molecule has 4 heteroatoms. The Bertz CT molecular complexity index is 531. The Morgan fingerprint density at radius 2 is 2.06 bits per heavy atom. The standard InChI is InChI=1S/C12H11Cl2NO/c13-7-3-11(14)10-5-9(16-12(10)4-7)6-15-8-1-2-8/h3-5,8,15H,1-2,6H2. The molecule has 0 radical (unpaired) electrons. The summed E-state index contributed by atoms with van der Waals surface area (Å²) in [5, 5.41) is 5.58. The first kappa shape index (κ1) is 10.5. The Labute approximate surface area is 104 Å². The van der Waals surface area contributed by atoms with Crippen molar-refractivity contribution in [3.05, 3.63) is 34.0 Å². The maximum absolute atomic E-state index is 6.09. The average Bonchev–Trinajstić information content (AvgIpc) is 2.96. The van der Waals surface area contributed by atoms with Gasteiger partial charge in [-0.2, -0.15) is 0 Å². The van der Waals surface area contributed by atoms with Crippen molar-refractivity contribution in [3.8, 4) is 0 Å². The molecule has 0 bridgehead atoms. The van der Waals surface area contributed by atoms with E-state index in [1.807, 2.05) is 6.07 Å². The average molecular weight is 256 g/mol. The van der Waals surface area contributed by atoms with Crippen molar-refractivity contribution < 1.29 is 4.42 Å². The highest BCUT2D eigenvalue weighted by molar-refractivity contribution is 6.38. The first-order chi connectivity index (χ1) is 7.72. The predicted octanol–water partition coefficient (Wildman–Crippen LogP) is 3.99. The van der Waals surface area contributed by atoms with E-state index in [0.717, 1.165) is 23.3 Å². The highest BCUT2D eigenvalue weighted by Crippen LogP contribution is 2.30.